The second-order valence-corrected chi connectivity index (χ2v) is 8.06. The highest BCUT2D eigenvalue weighted by Crippen LogP contribution is 2.55. The summed E-state index contributed by atoms with van der Waals surface area (Å²) in [5.41, 5.74) is -3.31. The number of amides is 1. The van der Waals surface area contributed by atoms with Gasteiger partial charge in [-0.3, -0.25) is 4.79 Å². The second kappa shape index (κ2) is 8.08. The normalized spacial score (nSPS) is 25.0. The maximum atomic E-state index is 14.4. The highest BCUT2D eigenvalue weighted by molar-refractivity contribution is 5.97. The average Bonchev–Trinajstić information content (AvgIpc) is 3.30. The Labute approximate surface area is 188 Å². The van der Waals surface area contributed by atoms with Crippen molar-refractivity contribution in [3.63, 3.8) is 0 Å². The third-order valence-corrected chi connectivity index (χ3v) is 6.28. The molecule has 0 spiro atoms. The highest BCUT2D eigenvalue weighted by Gasteiger charge is 2.66. The van der Waals surface area contributed by atoms with Crippen molar-refractivity contribution in [2.75, 3.05) is 12.4 Å². The Bertz CT molecular complexity index is 1320. The number of benzene rings is 1. The number of ether oxygens (including phenoxy) is 2. The van der Waals surface area contributed by atoms with Crippen molar-refractivity contribution < 1.29 is 36.2 Å². The van der Waals surface area contributed by atoms with Gasteiger partial charge in [-0.25, -0.2) is 18.6 Å². The van der Waals surface area contributed by atoms with E-state index in [1.54, 1.807) is 0 Å². The molecule has 1 saturated heterocycles. The van der Waals surface area contributed by atoms with E-state index in [2.05, 4.69) is 15.3 Å². The summed E-state index contributed by atoms with van der Waals surface area (Å²) < 4.78 is 81.5. The fourth-order valence-corrected chi connectivity index (χ4v) is 4.26. The first kappa shape index (κ1) is 23.7. The van der Waals surface area contributed by atoms with Crippen LogP contribution >= 0.6 is 0 Å². The van der Waals surface area contributed by atoms with Gasteiger partial charge in [0.25, 0.3) is 5.91 Å². The SMILES string of the molecule is COc1c([C@H]2[C@H](C(=O)Nc3ncn4c(=O)[nH]ccc34)O[C@@](C)(C(F)(F)F)[C@H]2C)ccc(F)c1F. The van der Waals surface area contributed by atoms with Gasteiger partial charge < -0.3 is 19.8 Å². The van der Waals surface area contributed by atoms with Crippen LogP contribution in [-0.4, -0.2) is 45.3 Å². The largest absolute Gasteiger partial charge is 0.493 e. The summed E-state index contributed by atoms with van der Waals surface area (Å²) in [5, 5.41) is 2.38. The monoisotopic (exact) mass is 486 g/mol. The van der Waals surface area contributed by atoms with Crippen LogP contribution in [0.2, 0.25) is 0 Å². The Morgan fingerprint density at radius 1 is 1.29 bits per heavy atom. The van der Waals surface area contributed by atoms with Crippen LogP contribution in [0.25, 0.3) is 5.52 Å². The second-order valence-electron chi connectivity index (χ2n) is 8.06. The van der Waals surface area contributed by atoms with Crippen LogP contribution in [0.15, 0.2) is 35.5 Å². The van der Waals surface area contributed by atoms with Crippen LogP contribution in [0.5, 0.6) is 5.75 Å². The van der Waals surface area contributed by atoms with Gasteiger partial charge in [0, 0.05) is 23.6 Å². The molecule has 3 aromatic rings. The van der Waals surface area contributed by atoms with E-state index in [4.69, 9.17) is 9.47 Å². The molecule has 0 saturated carbocycles. The van der Waals surface area contributed by atoms with Crippen molar-refractivity contribution in [3.05, 3.63) is 58.4 Å². The lowest BCUT2D eigenvalue weighted by Gasteiger charge is -2.32. The van der Waals surface area contributed by atoms with E-state index in [0.717, 1.165) is 36.9 Å². The van der Waals surface area contributed by atoms with Crippen LogP contribution in [0.1, 0.15) is 25.3 Å². The molecule has 0 bridgehead atoms. The minimum absolute atomic E-state index is 0.0935. The highest BCUT2D eigenvalue weighted by atomic mass is 19.4. The molecule has 1 aromatic carbocycles. The molecule has 4 atom stereocenters. The summed E-state index contributed by atoms with van der Waals surface area (Å²) in [6.45, 7) is 1.99. The van der Waals surface area contributed by atoms with Gasteiger partial charge in [0.15, 0.2) is 23.0 Å². The Morgan fingerprint density at radius 3 is 2.65 bits per heavy atom. The van der Waals surface area contributed by atoms with Crippen molar-refractivity contribution in [3.8, 4) is 5.75 Å². The third-order valence-electron chi connectivity index (χ3n) is 6.28. The molecule has 0 radical (unpaired) electrons. The quantitative estimate of drug-likeness (QED) is 0.551. The summed E-state index contributed by atoms with van der Waals surface area (Å²) in [7, 11) is 1.04. The van der Waals surface area contributed by atoms with Gasteiger partial charge in [0.2, 0.25) is 5.82 Å². The lowest BCUT2D eigenvalue weighted by molar-refractivity contribution is -0.272. The van der Waals surface area contributed by atoms with Gasteiger partial charge in [0.05, 0.1) is 12.6 Å². The number of hydrogen-bond donors (Lipinski definition) is 2. The zero-order chi connectivity index (χ0) is 25.0. The molecule has 1 fully saturated rings. The van der Waals surface area contributed by atoms with Crippen molar-refractivity contribution in [1.82, 2.24) is 14.4 Å². The summed E-state index contributed by atoms with van der Waals surface area (Å²) in [6.07, 6.45) is -4.24. The minimum Gasteiger partial charge on any atom is -0.493 e. The number of H-pyrrole nitrogens is 1. The summed E-state index contributed by atoms with van der Waals surface area (Å²) in [4.78, 5) is 31.4. The first-order valence-corrected chi connectivity index (χ1v) is 10.0. The van der Waals surface area contributed by atoms with Gasteiger partial charge in [-0.1, -0.05) is 13.0 Å². The molecule has 8 nitrogen and oxygen atoms in total. The van der Waals surface area contributed by atoms with E-state index < -0.39 is 58.7 Å². The standard InChI is InChI=1S/C21H19F5N4O4/c1-9-13(10-4-5-11(22)14(23)15(10)33-3)16(34-20(9,2)21(24,25)26)18(31)29-17-12-6-7-27-19(32)30(12)8-28-17/h4-9,13,16H,1-3H3,(H,27,32)(H,29,31)/t9-,13-,16+,20+/m0/s1. The lowest BCUT2D eigenvalue weighted by atomic mass is 9.77. The molecule has 1 aliphatic rings. The molecule has 34 heavy (non-hydrogen) atoms. The van der Waals surface area contributed by atoms with Crippen LogP contribution in [-0.2, 0) is 9.53 Å². The van der Waals surface area contributed by atoms with Crippen molar-refractivity contribution in [2.24, 2.45) is 5.92 Å². The van der Waals surface area contributed by atoms with Crippen LogP contribution in [0.3, 0.4) is 0 Å². The molecule has 4 rings (SSSR count). The molecule has 0 unspecified atom stereocenters. The average molecular weight is 486 g/mol. The van der Waals surface area contributed by atoms with Gasteiger partial charge in [-0.15, -0.1) is 0 Å². The fraction of sp³-hybridized carbons (Fsp3) is 0.381. The van der Waals surface area contributed by atoms with E-state index >= 15 is 0 Å². The van der Waals surface area contributed by atoms with E-state index in [-0.39, 0.29) is 16.9 Å². The number of nitrogens with zero attached hydrogens (tertiary/aromatic N) is 2. The molecule has 1 aliphatic heterocycles. The number of methoxy groups -OCH3 is 1. The number of aromatic nitrogens is 3. The van der Waals surface area contributed by atoms with Crippen LogP contribution in [0, 0.1) is 17.6 Å². The number of fused-ring (bicyclic) bond motifs is 1. The first-order valence-electron chi connectivity index (χ1n) is 10.0. The maximum absolute atomic E-state index is 14.4. The Kier molecular flexibility index (Phi) is 5.62. The molecule has 182 valence electrons. The molecular weight excluding hydrogens is 467 g/mol. The maximum Gasteiger partial charge on any atom is 0.417 e. The Morgan fingerprint density at radius 2 is 2.00 bits per heavy atom. The van der Waals surface area contributed by atoms with Crippen molar-refractivity contribution >= 4 is 17.2 Å². The number of anilines is 1. The van der Waals surface area contributed by atoms with E-state index in [1.807, 2.05) is 0 Å². The first-order chi connectivity index (χ1) is 15.9. The summed E-state index contributed by atoms with van der Waals surface area (Å²) in [6, 6.07) is 3.24. The third kappa shape index (κ3) is 3.50. The van der Waals surface area contributed by atoms with E-state index in [1.165, 1.54) is 19.2 Å². The van der Waals surface area contributed by atoms with E-state index in [9.17, 15) is 31.5 Å². The molecule has 3 heterocycles. The van der Waals surface area contributed by atoms with Crippen LogP contribution in [0.4, 0.5) is 27.8 Å². The summed E-state index contributed by atoms with van der Waals surface area (Å²) >= 11 is 0. The number of imidazole rings is 1. The summed E-state index contributed by atoms with van der Waals surface area (Å²) in [5.74, 6) is -7.16. The number of rotatable bonds is 4. The Hall–Kier alpha value is -3.48. The van der Waals surface area contributed by atoms with Crippen molar-refractivity contribution in [2.45, 2.75) is 37.6 Å². The predicted molar refractivity (Wildman–Crippen MR) is 109 cm³/mol. The molecule has 2 N–H and O–H groups in total. The van der Waals surface area contributed by atoms with E-state index in [0.29, 0.717) is 0 Å². The molecule has 0 aliphatic carbocycles. The smallest absolute Gasteiger partial charge is 0.417 e. The van der Waals surface area contributed by atoms with Crippen LogP contribution < -0.4 is 15.7 Å². The molecule has 1 amide bonds. The molecule has 13 heteroatoms. The number of nitrogens with one attached hydrogen (secondary N) is 2. The molecule has 2 aromatic heterocycles. The number of aromatic amines is 1. The topological polar surface area (TPSA) is 97.7 Å². The fourth-order valence-electron chi connectivity index (χ4n) is 4.26. The zero-order valence-corrected chi connectivity index (χ0v) is 18.0. The van der Waals surface area contributed by atoms with Gasteiger partial charge in [-0.2, -0.15) is 17.6 Å². The minimum atomic E-state index is -4.89. The van der Waals surface area contributed by atoms with Gasteiger partial charge in [-0.05, 0) is 19.1 Å². The molecular formula is C21H19F5N4O4. The van der Waals surface area contributed by atoms with Gasteiger partial charge in [0.1, 0.15) is 12.4 Å². The lowest BCUT2D eigenvalue weighted by Crippen LogP contribution is -2.47. The zero-order valence-electron chi connectivity index (χ0n) is 18.0. The number of alkyl halides is 3. The van der Waals surface area contributed by atoms with Crippen molar-refractivity contribution in [1.29, 1.82) is 0 Å². The Balaban J connectivity index is 1.80. The number of hydrogen-bond acceptors (Lipinski definition) is 5. The van der Waals surface area contributed by atoms with Gasteiger partial charge >= 0.3 is 11.9 Å². The predicted octanol–water partition coefficient (Wildman–Crippen LogP) is 3.39. The number of carbonyl (C=O) groups excluding carboxylic acids is 1. The number of carbonyl (C=O) groups is 1. The number of halogens is 5.